The lowest BCUT2D eigenvalue weighted by Gasteiger charge is -2.04. The van der Waals surface area contributed by atoms with E-state index in [1.165, 1.54) is 6.07 Å². The van der Waals surface area contributed by atoms with Gasteiger partial charge in [-0.05, 0) is 24.6 Å². The molecule has 0 unspecified atom stereocenters. The molecule has 0 saturated heterocycles. The molecule has 2 rings (SSSR count). The Kier molecular flexibility index (Phi) is 2.63. The first-order chi connectivity index (χ1) is 7.54. The zero-order chi connectivity index (χ0) is 11.9. The van der Waals surface area contributed by atoms with Crippen LogP contribution in [0.4, 0.5) is 0 Å². The van der Waals surface area contributed by atoms with Crippen molar-refractivity contribution in [3.63, 3.8) is 0 Å². The summed E-state index contributed by atoms with van der Waals surface area (Å²) in [4.78, 5) is 11.4. The maximum absolute atomic E-state index is 11.4. The molecule has 0 atom stereocenters. The zero-order valence-electron chi connectivity index (χ0n) is 8.17. The molecule has 0 radical (unpaired) electrons. The molecule has 16 heavy (non-hydrogen) atoms. The molecule has 1 aromatic heterocycles. The molecule has 0 amide bonds. The topological polar surface area (TPSA) is 54.0 Å². The minimum Gasteiger partial charge on any atom is -0.420 e. The van der Waals surface area contributed by atoms with E-state index in [0.717, 1.165) is 0 Å². The summed E-state index contributed by atoms with van der Waals surface area (Å²) < 4.78 is 4.98. The first-order valence-electron chi connectivity index (χ1n) is 4.37. The molecule has 0 spiro atoms. The summed E-state index contributed by atoms with van der Waals surface area (Å²) in [6, 6.07) is 4.90. The lowest BCUT2D eigenvalue weighted by molar-refractivity contribution is 0.557. The Hall–Kier alpha value is -1.50. The molecule has 2 aromatic rings. The van der Waals surface area contributed by atoms with Gasteiger partial charge >= 0.3 is 5.63 Å². The second kappa shape index (κ2) is 3.82. The minimum atomic E-state index is -0.684. The molecule has 80 valence electrons. The van der Waals surface area contributed by atoms with Gasteiger partial charge in [0, 0.05) is 10.4 Å². The highest BCUT2D eigenvalue weighted by Crippen LogP contribution is 2.29. The van der Waals surface area contributed by atoms with Crippen LogP contribution in [0.3, 0.4) is 0 Å². The van der Waals surface area contributed by atoms with E-state index >= 15 is 0 Å². The number of hydrogen-bond donors (Lipinski definition) is 0. The van der Waals surface area contributed by atoms with Crippen LogP contribution in [0.5, 0.6) is 0 Å². The lowest BCUT2D eigenvalue weighted by atomic mass is 10.1. The second-order valence-corrected chi connectivity index (χ2v) is 4.11. The highest BCUT2D eigenvalue weighted by molar-refractivity contribution is 6.38. The number of hydrogen-bond acceptors (Lipinski definition) is 3. The van der Waals surface area contributed by atoms with E-state index < -0.39 is 5.63 Å². The van der Waals surface area contributed by atoms with Crippen molar-refractivity contribution in [2.75, 3.05) is 0 Å². The lowest BCUT2D eigenvalue weighted by Crippen LogP contribution is -2.06. The minimum absolute atomic E-state index is 0.0224. The van der Waals surface area contributed by atoms with Crippen LogP contribution < -0.4 is 5.63 Å². The van der Waals surface area contributed by atoms with Crippen molar-refractivity contribution in [2.24, 2.45) is 0 Å². The van der Waals surface area contributed by atoms with Gasteiger partial charge in [0.05, 0.1) is 5.02 Å². The smallest absolute Gasteiger partial charge is 0.354 e. The Bertz CT molecular complexity index is 683. The van der Waals surface area contributed by atoms with Crippen LogP contribution in [-0.2, 0) is 0 Å². The summed E-state index contributed by atoms with van der Waals surface area (Å²) in [6.45, 7) is 1.66. The Morgan fingerprint density at radius 3 is 2.69 bits per heavy atom. The van der Waals surface area contributed by atoms with Gasteiger partial charge in [0.15, 0.2) is 5.58 Å². The number of benzene rings is 1. The Labute approximate surface area is 101 Å². The van der Waals surface area contributed by atoms with Crippen LogP contribution in [-0.4, -0.2) is 0 Å². The Morgan fingerprint density at radius 1 is 1.38 bits per heavy atom. The van der Waals surface area contributed by atoms with Crippen molar-refractivity contribution < 1.29 is 4.42 Å². The number of nitriles is 1. The van der Waals surface area contributed by atoms with E-state index in [1.807, 2.05) is 0 Å². The van der Waals surface area contributed by atoms with E-state index in [1.54, 1.807) is 19.1 Å². The summed E-state index contributed by atoms with van der Waals surface area (Å²) in [5, 5.41) is 10.1. The van der Waals surface area contributed by atoms with Crippen LogP contribution in [0.15, 0.2) is 21.3 Å². The number of nitrogens with zero attached hydrogens (tertiary/aromatic N) is 1. The number of halogens is 2. The van der Waals surface area contributed by atoms with Gasteiger partial charge in [-0.15, -0.1) is 0 Å². The number of rotatable bonds is 0. The van der Waals surface area contributed by atoms with Crippen molar-refractivity contribution in [1.82, 2.24) is 0 Å². The van der Waals surface area contributed by atoms with Gasteiger partial charge < -0.3 is 4.42 Å². The molecule has 3 nitrogen and oxygen atoms in total. The van der Waals surface area contributed by atoms with E-state index in [9.17, 15) is 4.79 Å². The van der Waals surface area contributed by atoms with Crippen LogP contribution in [0.25, 0.3) is 11.0 Å². The van der Waals surface area contributed by atoms with Gasteiger partial charge in [0.25, 0.3) is 0 Å². The van der Waals surface area contributed by atoms with E-state index in [2.05, 4.69) is 0 Å². The molecular weight excluding hydrogens is 249 g/mol. The third kappa shape index (κ3) is 1.57. The van der Waals surface area contributed by atoms with Gasteiger partial charge in [-0.1, -0.05) is 23.2 Å². The third-order valence-electron chi connectivity index (χ3n) is 2.30. The summed E-state index contributed by atoms with van der Waals surface area (Å²) in [5.41, 5.74) is 0.0771. The fraction of sp³-hybridized carbons (Fsp3) is 0.0909. The first-order valence-corrected chi connectivity index (χ1v) is 5.12. The van der Waals surface area contributed by atoms with Crippen LogP contribution in [0.1, 0.15) is 11.1 Å². The first kappa shape index (κ1) is 11.0. The normalized spacial score (nSPS) is 10.4. The van der Waals surface area contributed by atoms with Crippen molar-refractivity contribution in [1.29, 1.82) is 5.26 Å². The maximum Gasteiger partial charge on any atom is 0.354 e. The predicted octanol–water partition coefficient (Wildman–Crippen LogP) is 3.28. The highest BCUT2D eigenvalue weighted by atomic mass is 35.5. The number of fused-ring (bicyclic) bond motifs is 1. The molecule has 5 heteroatoms. The third-order valence-corrected chi connectivity index (χ3v) is 2.80. The monoisotopic (exact) mass is 253 g/mol. The zero-order valence-corrected chi connectivity index (χ0v) is 9.69. The maximum atomic E-state index is 11.4. The Morgan fingerprint density at radius 2 is 2.06 bits per heavy atom. The molecule has 1 aromatic carbocycles. The molecule has 0 bridgehead atoms. The van der Waals surface area contributed by atoms with Gasteiger partial charge in [-0.2, -0.15) is 5.26 Å². The summed E-state index contributed by atoms with van der Waals surface area (Å²) >= 11 is 11.7. The molecule has 0 aliphatic heterocycles. The average molecular weight is 254 g/mol. The standard InChI is InChI=1S/C11H5Cl2NO2/c1-5-7-2-6(12)3-9(13)10(7)16-11(15)8(5)4-14/h2-3H,1H3. The number of aryl methyl sites for hydroxylation is 1. The molecule has 1 heterocycles. The molecule has 0 saturated carbocycles. The largest absolute Gasteiger partial charge is 0.420 e. The highest BCUT2D eigenvalue weighted by Gasteiger charge is 2.13. The molecule has 0 aliphatic carbocycles. The van der Waals surface area contributed by atoms with Gasteiger partial charge in [0.1, 0.15) is 11.6 Å². The SMILES string of the molecule is Cc1c(C#N)c(=O)oc2c(Cl)cc(Cl)cc12. The van der Waals surface area contributed by atoms with E-state index in [0.29, 0.717) is 16.0 Å². The predicted molar refractivity (Wildman–Crippen MR) is 62.0 cm³/mol. The quantitative estimate of drug-likeness (QED) is 0.678. The van der Waals surface area contributed by atoms with Gasteiger partial charge in [-0.3, -0.25) is 0 Å². The van der Waals surface area contributed by atoms with E-state index in [-0.39, 0.29) is 16.2 Å². The summed E-state index contributed by atoms with van der Waals surface area (Å²) in [7, 11) is 0. The molecule has 0 fully saturated rings. The van der Waals surface area contributed by atoms with Crippen molar-refractivity contribution in [3.8, 4) is 6.07 Å². The summed E-state index contributed by atoms with van der Waals surface area (Å²) in [5.74, 6) is 0. The van der Waals surface area contributed by atoms with Crippen molar-refractivity contribution in [2.45, 2.75) is 6.92 Å². The van der Waals surface area contributed by atoms with Crippen LogP contribution in [0.2, 0.25) is 10.0 Å². The van der Waals surface area contributed by atoms with Crippen LogP contribution >= 0.6 is 23.2 Å². The van der Waals surface area contributed by atoms with E-state index in [4.69, 9.17) is 32.9 Å². The molecular formula is C11H5Cl2NO2. The van der Waals surface area contributed by atoms with Gasteiger partial charge in [0.2, 0.25) is 0 Å². The fourth-order valence-corrected chi connectivity index (χ4v) is 2.04. The molecule has 0 N–H and O–H groups in total. The second-order valence-electron chi connectivity index (χ2n) is 3.27. The van der Waals surface area contributed by atoms with Crippen molar-refractivity contribution in [3.05, 3.63) is 43.7 Å². The molecule has 0 aliphatic rings. The average Bonchev–Trinajstić information content (AvgIpc) is 2.21. The fourth-order valence-electron chi connectivity index (χ4n) is 1.50. The van der Waals surface area contributed by atoms with Crippen LogP contribution in [0, 0.1) is 18.3 Å². The Balaban J connectivity index is 3.06. The van der Waals surface area contributed by atoms with Gasteiger partial charge in [-0.25, -0.2) is 4.79 Å². The summed E-state index contributed by atoms with van der Waals surface area (Å²) in [6.07, 6.45) is 0. The van der Waals surface area contributed by atoms with Crippen molar-refractivity contribution >= 4 is 34.2 Å².